The van der Waals surface area contributed by atoms with Crippen LogP contribution in [-0.2, 0) is 4.79 Å². The Balaban J connectivity index is 1.97. The molecule has 0 aliphatic carbocycles. The van der Waals surface area contributed by atoms with E-state index in [1.165, 1.54) is 0 Å². The summed E-state index contributed by atoms with van der Waals surface area (Å²) in [6.07, 6.45) is 1.70. The molecule has 0 unspecified atom stereocenters. The van der Waals surface area contributed by atoms with Gasteiger partial charge in [-0.2, -0.15) is 5.26 Å². The van der Waals surface area contributed by atoms with Crippen molar-refractivity contribution in [1.29, 1.82) is 5.26 Å². The Morgan fingerprint density at radius 3 is 2.67 bits per heavy atom. The van der Waals surface area contributed by atoms with Crippen molar-refractivity contribution in [2.45, 2.75) is 6.92 Å². The van der Waals surface area contributed by atoms with Crippen molar-refractivity contribution in [2.75, 3.05) is 6.61 Å². The Labute approximate surface area is 171 Å². The van der Waals surface area contributed by atoms with Gasteiger partial charge in [-0.05, 0) is 80.3 Å². The van der Waals surface area contributed by atoms with Gasteiger partial charge in [-0.25, -0.2) is 9.78 Å². The first-order chi connectivity index (χ1) is 12.9. The lowest BCUT2D eigenvalue weighted by Crippen LogP contribution is -2.10. The number of carboxylic acids is 1. The highest BCUT2D eigenvalue weighted by atomic mass is 79.9. The number of aromatic amines is 1. The number of aryl methyl sites for hydroxylation is 1. The first kappa shape index (κ1) is 19.1. The van der Waals surface area contributed by atoms with Crippen LogP contribution in [0.15, 0.2) is 39.3 Å². The van der Waals surface area contributed by atoms with Gasteiger partial charge in [0.2, 0.25) is 0 Å². The van der Waals surface area contributed by atoms with Gasteiger partial charge in [0.25, 0.3) is 0 Å². The van der Waals surface area contributed by atoms with E-state index in [9.17, 15) is 10.1 Å². The molecule has 8 heteroatoms. The molecule has 136 valence electrons. The molecule has 0 saturated carbocycles. The molecular weight excluding hydrogens is 478 g/mol. The predicted molar refractivity (Wildman–Crippen MR) is 109 cm³/mol. The third kappa shape index (κ3) is 4.38. The van der Waals surface area contributed by atoms with E-state index in [0.717, 1.165) is 22.2 Å². The van der Waals surface area contributed by atoms with Crippen LogP contribution in [0.5, 0.6) is 5.75 Å². The molecule has 2 N–H and O–H groups in total. The summed E-state index contributed by atoms with van der Waals surface area (Å²) >= 11 is 6.74. The number of hydrogen-bond donors (Lipinski definition) is 2. The second-order valence-corrected chi connectivity index (χ2v) is 7.48. The van der Waals surface area contributed by atoms with Crippen LogP contribution in [0.3, 0.4) is 0 Å². The highest BCUT2D eigenvalue weighted by Crippen LogP contribution is 2.35. The van der Waals surface area contributed by atoms with E-state index in [2.05, 4.69) is 47.9 Å². The monoisotopic (exact) mass is 489 g/mol. The third-order valence-electron chi connectivity index (χ3n) is 3.68. The molecule has 3 rings (SSSR count). The molecule has 6 nitrogen and oxygen atoms in total. The number of nitrogens with one attached hydrogen (secondary N) is 1. The average molecular weight is 491 g/mol. The number of imidazole rings is 1. The van der Waals surface area contributed by atoms with Crippen molar-refractivity contribution in [3.05, 3.63) is 56.2 Å². The molecule has 0 aliphatic rings. The molecule has 0 spiro atoms. The van der Waals surface area contributed by atoms with Crippen LogP contribution in [0.1, 0.15) is 17.0 Å². The predicted octanol–water partition coefficient (Wildman–Crippen LogP) is 4.92. The summed E-state index contributed by atoms with van der Waals surface area (Å²) in [6, 6.07) is 11.5. The maximum Gasteiger partial charge on any atom is 0.341 e. The Bertz CT molecular complexity index is 1090. The number of rotatable bonds is 5. The van der Waals surface area contributed by atoms with E-state index < -0.39 is 12.6 Å². The minimum atomic E-state index is -1.07. The number of allylic oxidation sites excluding steroid dienone is 1. The van der Waals surface area contributed by atoms with E-state index in [1.807, 2.05) is 25.1 Å². The summed E-state index contributed by atoms with van der Waals surface area (Å²) in [5, 5.41) is 18.3. The fourth-order valence-corrected chi connectivity index (χ4v) is 3.96. The van der Waals surface area contributed by atoms with Crippen LogP contribution < -0.4 is 4.74 Å². The SMILES string of the molecule is Cc1ccc2nc(/C(C#N)=C\c3cc(Br)c(OCC(=O)O)c(Br)c3)[nH]c2c1. The number of nitrogens with zero attached hydrogens (tertiary/aromatic N) is 2. The standard InChI is InChI=1S/C19H13Br2N3O3/c1-10-2-3-15-16(4-10)24-19(23-15)12(8-22)5-11-6-13(20)18(14(21)7-11)27-9-17(25)26/h2-7H,9H2,1H3,(H,23,24)(H,25,26)/b12-5-. The number of carboxylic acid groups (broad SMARTS) is 1. The van der Waals surface area contributed by atoms with Gasteiger partial charge >= 0.3 is 5.97 Å². The van der Waals surface area contributed by atoms with Crippen molar-refractivity contribution >= 4 is 60.5 Å². The second-order valence-electron chi connectivity index (χ2n) is 5.77. The number of fused-ring (bicyclic) bond motifs is 1. The minimum Gasteiger partial charge on any atom is -0.480 e. The van der Waals surface area contributed by atoms with Crippen molar-refractivity contribution in [3.63, 3.8) is 0 Å². The summed E-state index contributed by atoms with van der Waals surface area (Å²) in [7, 11) is 0. The topological polar surface area (TPSA) is 99.0 Å². The van der Waals surface area contributed by atoms with Crippen molar-refractivity contribution in [3.8, 4) is 11.8 Å². The molecule has 0 amide bonds. The summed E-state index contributed by atoms with van der Waals surface area (Å²) in [5.74, 6) is -0.200. The highest BCUT2D eigenvalue weighted by molar-refractivity contribution is 9.11. The third-order valence-corrected chi connectivity index (χ3v) is 4.86. The summed E-state index contributed by atoms with van der Waals surface area (Å²) in [5.41, 5.74) is 3.86. The van der Waals surface area contributed by atoms with Gasteiger partial charge in [0.05, 0.1) is 25.6 Å². The van der Waals surface area contributed by atoms with Crippen molar-refractivity contribution in [2.24, 2.45) is 0 Å². The van der Waals surface area contributed by atoms with Gasteiger partial charge in [-0.15, -0.1) is 0 Å². The van der Waals surface area contributed by atoms with E-state index in [0.29, 0.717) is 26.1 Å². The number of halogens is 2. The summed E-state index contributed by atoms with van der Waals surface area (Å²) in [4.78, 5) is 18.3. The number of ether oxygens (including phenoxy) is 1. The number of hydrogen-bond acceptors (Lipinski definition) is 4. The lowest BCUT2D eigenvalue weighted by atomic mass is 10.1. The van der Waals surface area contributed by atoms with Crippen molar-refractivity contribution < 1.29 is 14.6 Å². The van der Waals surface area contributed by atoms with Crippen LogP contribution in [0, 0.1) is 18.3 Å². The van der Waals surface area contributed by atoms with Crippen molar-refractivity contribution in [1.82, 2.24) is 9.97 Å². The van der Waals surface area contributed by atoms with Gasteiger partial charge in [0.1, 0.15) is 17.6 Å². The molecule has 0 aliphatic heterocycles. The van der Waals surface area contributed by atoms with Crippen LogP contribution in [0.25, 0.3) is 22.7 Å². The molecule has 2 aromatic carbocycles. The Hall–Kier alpha value is -2.63. The molecule has 0 saturated heterocycles. The normalized spacial score (nSPS) is 11.4. The number of aromatic nitrogens is 2. The molecule has 3 aromatic rings. The zero-order valence-corrected chi connectivity index (χ0v) is 17.3. The van der Waals surface area contributed by atoms with Gasteiger partial charge < -0.3 is 14.8 Å². The number of nitriles is 1. The Morgan fingerprint density at radius 1 is 1.33 bits per heavy atom. The first-order valence-electron chi connectivity index (χ1n) is 7.79. The first-order valence-corrected chi connectivity index (χ1v) is 9.38. The van der Waals surface area contributed by atoms with E-state index >= 15 is 0 Å². The number of benzene rings is 2. The molecule has 1 heterocycles. The molecule has 27 heavy (non-hydrogen) atoms. The summed E-state index contributed by atoms with van der Waals surface area (Å²) in [6.45, 7) is 1.54. The molecular formula is C19H13Br2N3O3. The molecule has 0 atom stereocenters. The maximum absolute atomic E-state index is 10.7. The van der Waals surface area contributed by atoms with E-state index in [4.69, 9.17) is 9.84 Å². The van der Waals surface area contributed by atoms with Crippen LogP contribution in [0.4, 0.5) is 0 Å². The van der Waals surface area contributed by atoms with E-state index in [-0.39, 0.29) is 0 Å². The molecule has 1 aromatic heterocycles. The van der Waals surface area contributed by atoms with Crippen LogP contribution in [-0.4, -0.2) is 27.7 Å². The zero-order chi connectivity index (χ0) is 19.6. The quantitative estimate of drug-likeness (QED) is 0.494. The second kappa shape index (κ2) is 7.94. The fraction of sp³-hybridized carbons (Fsp3) is 0.105. The maximum atomic E-state index is 10.7. The number of aliphatic carboxylic acids is 1. The lowest BCUT2D eigenvalue weighted by Gasteiger charge is -2.09. The number of carbonyl (C=O) groups is 1. The van der Waals surface area contributed by atoms with E-state index in [1.54, 1.807) is 18.2 Å². The smallest absolute Gasteiger partial charge is 0.341 e. The van der Waals surface area contributed by atoms with Crippen LogP contribution in [0.2, 0.25) is 0 Å². The van der Waals surface area contributed by atoms with Gasteiger partial charge in [-0.1, -0.05) is 6.07 Å². The zero-order valence-electron chi connectivity index (χ0n) is 14.1. The van der Waals surface area contributed by atoms with Crippen LogP contribution >= 0.6 is 31.9 Å². The summed E-state index contributed by atoms with van der Waals surface area (Å²) < 4.78 is 6.40. The van der Waals surface area contributed by atoms with Gasteiger partial charge in [0.15, 0.2) is 6.61 Å². The van der Waals surface area contributed by atoms with Gasteiger partial charge in [0, 0.05) is 0 Å². The highest BCUT2D eigenvalue weighted by Gasteiger charge is 2.12. The largest absolute Gasteiger partial charge is 0.480 e. The average Bonchev–Trinajstić information content (AvgIpc) is 3.01. The molecule has 0 radical (unpaired) electrons. The number of H-pyrrole nitrogens is 1. The Morgan fingerprint density at radius 2 is 2.04 bits per heavy atom. The minimum absolute atomic E-state index is 0.377. The molecule has 0 fully saturated rings. The Kier molecular flexibility index (Phi) is 5.63. The molecule has 0 bridgehead atoms. The van der Waals surface area contributed by atoms with Gasteiger partial charge in [-0.3, -0.25) is 0 Å². The fourth-order valence-electron chi connectivity index (χ4n) is 2.51. The lowest BCUT2D eigenvalue weighted by molar-refractivity contribution is -0.139.